The zero-order valence-electron chi connectivity index (χ0n) is 20.2. The first kappa shape index (κ1) is 23.6. The molecule has 1 saturated carbocycles. The molecule has 3 amide bonds. The molecule has 2 aromatic rings. The van der Waals surface area contributed by atoms with Gasteiger partial charge in [-0.3, -0.25) is 19.7 Å². The van der Waals surface area contributed by atoms with Crippen molar-refractivity contribution in [3.05, 3.63) is 30.1 Å². The Bertz CT molecular complexity index is 1160. The van der Waals surface area contributed by atoms with Gasteiger partial charge in [0.05, 0.1) is 23.3 Å². The number of aromatic nitrogens is 2. The quantitative estimate of drug-likeness (QED) is 0.453. The predicted octanol–water partition coefficient (Wildman–Crippen LogP) is 2.66. The Labute approximate surface area is 203 Å². The van der Waals surface area contributed by atoms with E-state index in [1.165, 1.54) is 5.56 Å². The third-order valence-corrected chi connectivity index (χ3v) is 8.64. The normalized spacial score (nSPS) is 28.9. The lowest BCUT2D eigenvalue weighted by Gasteiger charge is -2.45. The van der Waals surface area contributed by atoms with Crippen LogP contribution in [-0.2, 0) is 16.1 Å². The summed E-state index contributed by atoms with van der Waals surface area (Å²) in [6, 6.07) is 5.19. The van der Waals surface area contributed by atoms with Crippen molar-refractivity contribution in [1.82, 2.24) is 24.8 Å². The van der Waals surface area contributed by atoms with Crippen LogP contribution < -0.4 is 5.48 Å². The molecule has 3 fully saturated rings. The van der Waals surface area contributed by atoms with Crippen LogP contribution in [0.2, 0.25) is 0 Å². The molecule has 35 heavy (non-hydrogen) atoms. The van der Waals surface area contributed by atoms with E-state index in [2.05, 4.69) is 28.6 Å². The van der Waals surface area contributed by atoms with E-state index in [9.17, 15) is 24.7 Å². The van der Waals surface area contributed by atoms with Crippen molar-refractivity contribution in [1.29, 1.82) is 0 Å². The number of piperidine rings is 2. The number of nitrogens with one attached hydrogen (secondary N) is 1. The van der Waals surface area contributed by atoms with Gasteiger partial charge in [0.15, 0.2) is 0 Å². The third kappa shape index (κ3) is 4.03. The van der Waals surface area contributed by atoms with Crippen LogP contribution in [0.1, 0.15) is 51.0 Å². The molecule has 2 aliphatic heterocycles. The Morgan fingerprint density at radius 3 is 2.51 bits per heavy atom. The van der Waals surface area contributed by atoms with E-state index < -0.39 is 24.0 Å². The van der Waals surface area contributed by atoms with Crippen LogP contribution in [0.3, 0.4) is 0 Å². The average Bonchev–Trinajstić information content (AvgIpc) is 3.29. The number of likely N-dealkylation sites (tertiary alicyclic amines) is 2. The molecule has 3 N–H and O–H groups in total. The molecule has 1 aliphatic carbocycles. The molecule has 3 aliphatic rings. The molecule has 3 heterocycles. The van der Waals surface area contributed by atoms with Crippen molar-refractivity contribution in [2.75, 3.05) is 19.6 Å². The SMILES string of the molecule is CCn1cnc2ccc(C3CCN(C(=O)[C@@H]4[C@@H](C(=O)NO)CC5(CC5C)CN4C(=O)O)CC3)cc21. The summed E-state index contributed by atoms with van der Waals surface area (Å²) in [5.41, 5.74) is 4.67. The first-order valence-electron chi connectivity index (χ1n) is 12.4. The summed E-state index contributed by atoms with van der Waals surface area (Å²) in [5.74, 6) is -1.37. The molecular formula is C25H33N5O5. The van der Waals surface area contributed by atoms with Crippen LogP contribution in [0.4, 0.5) is 4.79 Å². The molecule has 0 bridgehead atoms. The summed E-state index contributed by atoms with van der Waals surface area (Å²) in [5, 5.41) is 19.3. The molecule has 4 atom stereocenters. The number of hydrogen-bond donors (Lipinski definition) is 3. The van der Waals surface area contributed by atoms with E-state index in [0.717, 1.165) is 41.7 Å². The highest BCUT2D eigenvalue weighted by molar-refractivity contribution is 5.92. The van der Waals surface area contributed by atoms with Crippen LogP contribution in [0.15, 0.2) is 24.5 Å². The molecular weight excluding hydrogens is 450 g/mol. The van der Waals surface area contributed by atoms with Crippen molar-refractivity contribution in [3.8, 4) is 0 Å². The minimum Gasteiger partial charge on any atom is -0.465 e. The van der Waals surface area contributed by atoms with Crippen LogP contribution in [-0.4, -0.2) is 73.2 Å². The molecule has 5 rings (SSSR count). The highest BCUT2D eigenvalue weighted by Gasteiger charge is 2.61. The number of hydroxylamine groups is 1. The summed E-state index contributed by atoms with van der Waals surface area (Å²) in [6.07, 6.45) is 3.39. The van der Waals surface area contributed by atoms with Crippen LogP contribution >= 0.6 is 0 Å². The Morgan fingerprint density at radius 1 is 1.20 bits per heavy atom. The van der Waals surface area contributed by atoms with Gasteiger partial charge in [0, 0.05) is 26.2 Å². The maximum Gasteiger partial charge on any atom is 0.408 e. The molecule has 0 radical (unpaired) electrons. The largest absolute Gasteiger partial charge is 0.465 e. The molecule has 2 saturated heterocycles. The molecule has 1 aromatic carbocycles. The van der Waals surface area contributed by atoms with E-state index >= 15 is 0 Å². The number of aryl methyl sites for hydroxylation is 1. The number of carboxylic acid groups (broad SMARTS) is 1. The lowest BCUT2D eigenvalue weighted by Crippen LogP contribution is -2.62. The third-order valence-electron chi connectivity index (χ3n) is 8.64. The Kier molecular flexibility index (Phi) is 5.94. The van der Waals surface area contributed by atoms with Gasteiger partial charge in [0.2, 0.25) is 11.8 Å². The van der Waals surface area contributed by atoms with Crippen LogP contribution in [0.5, 0.6) is 0 Å². The van der Waals surface area contributed by atoms with Gasteiger partial charge in [-0.2, -0.15) is 0 Å². The van der Waals surface area contributed by atoms with Crippen LogP contribution in [0.25, 0.3) is 11.0 Å². The maximum atomic E-state index is 13.6. The van der Waals surface area contributed by atoms with Crippen molar-refractivity contribution in [3.63, 3.8) is 0 Å². The zero-order valence-corrected chi connectivity index (χ0v) is 20.2. The maximum absolute atomic E-state index is 13.6. The summed E-state index contributed by atoms with van der Waals surface area (Å²) in [6.45, 7) is 6.19. The Hall–Kier alpha value is -3.14. The molecule has 2 unspecified atom stereocenters. The fourth-order valence-electron chi connectivity index (χ4n) is 6.34. The highest BCUT2D eigenvalue weighted by atomic mass is 16.5. The minimum absolute atomic E-state index is 0.247. The fourth-order valence-corrected chi connectivity index (χ4v) is 6.34. The number of rotatable bonds is 4. The zero-order chi connectivity index (χ0) is 24.9. The lowest BCUT2D eigenvalue weighted by atomic mass is 9.78. The van der Waals surface area contributed by atoms with Gasteiger partial charge in [-0.1, -0.05) is 13.0 Å². The number of benzene rings is 1. The van der Waals surface area contributed by atoms with E-state index in [-0.39, 0.29) is 29.7 Å². The van der Waals surface area contributed by atoms with Crippen molar-refractivity contribution in [2.45, 2.75) is 58.0 Å². The van der Waals surface area contributed by atoms with Gasteiger partial charge in [-0.15, -0.1) is 0 Å². The Balaban J connectivity index is 1.32. The lowest BCUT2D eigenvalue weighted by molar-refractivity contribution is -0.151. The van der Waals surface area contributed by atoms with Crippen molar-refractivity contribution < 1.29 is 24.7 Å². The van der Waals surface area contributed by atoms with E-state index in [0.29, 0.717) is 19.5 Å². The van der Waals surface area contributed by atoms with Gasteiger partial charge in [0.25, 0.3) is 0 Å². The summed E-state index contributed by atoms with van der Waals surface area (Å²) in [7, 11) is 0. The number of carbonyl (C=O) groups is 3. The number of nitrogens with zero attached hydrogens (tertiary/aromatic N) is 4. The van der Waals surface area contributed by atoms with E-state index in [4.69, 9.17) is 0 Å². The van der Waals surface area contributed by atoms with Gasteiger partial charge in [-0.25, -0.2) is 15.3 Å². The second-order valence-corrected chi connectivity index (χ2v) is 10.5. The summed E-state index contributed by atoms with van der Waals surface area (Å²) >= 11 is 0. The standard InChI is InChI=1S/C25H33N5O5/c1-3-28-14-26-19-5-4-17(10-20(19)28)16-6-8-29(9-7-16)23(32)21-18(22(31)27-35)12-25(11-15(25)2)13-30(21)24(33)34/h4-5,10,14-16,18,21,35H,3,6-9,11-13H2,1-2H3,(H,27,31)(H,33,34)/t15?,18-,21-,25?/m0/s1. The topological polar surface area (TPSA) is 128 Å². The number of carbonyl (C=O) groups excluding carboxylic acids is 2. The number of imidazole rings is 1. The molecule has 1 aromatic heterocycles. The molecule has 10 nitrogen and oxygen atoms in total. The smallest absolute Gasteiger partial charge is 0.408 e. The van der Waals surface area contributed by atoms with Gasteiger partial charge < -0.3 is 14.6 Å². The van der Waals surface area contributed by atoms with Gasteiger partial charge >= 0.3 is 6.09 Å². The second-order valence-electron chi connectivity index (χ2n) is 10.5. The minimum atomic E-state index is -1.20. The first-order valence-corrected chi connectivity index (χ1v) is 12.4. The highest BCUT2D eigenvalue weighted by Crippen LogP contribution is 2.59. The first-order chi connectivity index (χ1) is 16.8. The average molecular weight is 484 g/mol. The number of amides is 3. The molecule has 10 heteroatoms. The van der Waals surface area contributed by atoms with E-state index in [1.54, 1.807) is 10.4 Å². The predicted molar refractivity (Wildman–Crippen MR) is 127 cm³/mol. The molecule has 188 valence electrons. The molecule has 1 spiro atoms. The Morgan fingerprint density at radius 2 is 1.91 bits per heavy atom. The number of hydrogen-bond acceptors (Lipinski definition) is 5. The van der Waals surface area contributed by atoms with Gasteiger partial charge in [-0.05, 0) is 67.6 Å². The number of fused-ring (bicyclic) bond motifs is 1. The monoisotopic (exact) mass is 483 g/mol. The fraction of sp³-hybridized carbons (Fsp3) is 0.600. The van der Waals surface area contributed by atoms with Crippen molar-refractivity contribution in [2.24, 2.45) is 17.3 Å². The van der Waals surface area contributed by atoms with E-state index in [1.807, 2.05) is 19.3 Å². The van der Waals surface area contributed by atoms with Crippen molar-refractivity contribution >= 4 is 28.9 Å². The summed E-state index contributed by atoms with van der Waals surface area (Å²) in [4.78, 5) is 45.6. The van der Waals surface area contributed by atoms with Crippen LogP contribution in [0, 0.1) is 17.3 Å². The van der Waals surface area contributed by atoms with Gasteiger partial charge in [0.1, 0.15) is 6.04 Å². The summed E-state index contributed by atoms with van der Waals surface area (Å²) < 4.78 is 2.11. The second kappa shape index (κ2) is 8.82.